The Labute approximate surface area is 131 Å². The maximum absolute atomic E-state index is 13.2. The summed E-state index contributed by atoms with van der Waals surface area (Å²) in [6.07, 6.45) is 6.41. The van der Waals surface area contributed by atoms with Crippen molar-refractivity contribution >= 4 is 11.6 Å². The number of fused-ring (bicyclic) bond motifs is 2. The van der Waals surface area contributed by atoms with Crippen LogP contribution in [0.25, 0.3) is 0 Å². The molecule has 2 aliphatic heterocycles. The molecule has 2 bridgehead atoms. The topological polar surface area (TPSA) is 15.3 Å². The lowest BCUT2D eigenvalue weighted by atomic mass is 9.82. The lowest BCUT2D eigenvalue weighted by Gasteiger charge is -2.47. The first-order valence-electron chi connectivity index (χ1n) is 7.97. The molecule has 2 saturated heterocycles. The fourth-order valence-electron chi connectivity index (χ4n) is 4.05. The van der Waals surface area contributed by atoms with Gasteiger partial charge < -0.3 is 10.2 Å². The second kappa shape index (κ2) is 6.23. The third-order valence-electron chi connectivity index (χ3n) is 5.25. The summed E-state index contributed by atoms with van der Waals surface area (Å²) in [4.78, 5) is 2.57. The van der Waals surface area contributed by atoms with E-state index in [-0.39, 0.29) is 11.9 Å². The first-order valence-corrected chi connectivity index (χ1v) is 8.35. The van der Waals surface area contributed by atoms with Gasteiger partial charge in [-0.15, -0.1) is 0 Å². The van der Waals surface area contributed by atoms with Crippen molar-refractivity contribution in [3.8, 4) is 0 Å². The van der Waals surface area contributed by atoms with Gasteiger partial charge in [-0.3, -0.25) is 0 Å². The minimum Gasteiger partial charge on any atom is -0.307 e. The summed E-state index contributed by atoms with van der Waals surface area (Å²) in [6.45, 7) is 2.12. The number of hydrogen-bond acceptors (Lipinski definition) is 2. The van der Waals surface area contributed by atoms with Crippen LogP contribution < -0.4 is 5.32 Å². The van der Waals surface area contributed by atoms with Crippen LogP contribution in [0.5, 0.6) is 0 Å². The molecule has 1 aromatic carbocycles. The molecule has 0 amide bonds. The van der Waals surface area contributed by atoms with E-state index in [4.69, 9.17) is 11.6 Å². The smallest absolute Gasteiger partial charge is 0.124 e. The van der Waals surface area contributed by atoms with E-state index in [9.17, 15) is 4.39 Å². The van der Waals surface area contributed by atoms with Crippen LogP contribution in [0.4, 0.5) is 4.39 Å². The second-order valence-corrected chi connectivity index (χ2v) is 7.03. The molecular formula is C17H24ClFN2. The third-order valence-corrected chi connectivity index (χ3v) is 5.58. The first kappa shape index (κ1) is 15.3. The largest absolute Gasteiger partial charge is 0.307 e. The van der Waals surface area contributed by atoms with Crippen LogP contribution in [0.2, 0.25) is 5.02 Å². The van der Waals surface area contributed by atoms with Gasteiger partial charge >= 0.3 is 0 Å². The number of halogens is 2. The normalized spacial score (nSPS) is 31.1. The molecule has 1 N–H and O–H groups in total. The van der Waals surface area contributed by atoms with Crippen molar-refractivity contribution < 1.29 is 4.39 Å². The molecule has 21 heavy (non-hydrogen) atoms. The Kier molecular flexibility index (Phi) is 4.53. The molecule has 2 aliphatic rings. The molecule has 4 heteroatoms. The molecule has 2 fully saturated rings. The maximum atomic E-state index is 13.2. The molecule has 2 nitrogen and oxygen atoms in total. The molecule has 0 aliphatic carbocycles. The first-order chi connectivity index (χ1) is 10.0. The van der Waals surface area contributed by atoms with E-state index in [1.807, 2.05) is 0 Å². The molecular weight excluding hydrogens is 287 g/mol. The molecule has 2 heterocycles. The summed E-state index contributed by atoms with van der Waals surface area (Å²) in [5.74, 6) is -0.273. The van der Waals surface area contributed by atoms with E-state index < -0.39 is 0 Å². The molecule has 0 spiro atoms. The van der Waals surface area contributed by atoms with Crippen LogP contribution in [0.15, 0.2) is 18.2 Å². The van der Waals surface area contributed by atoms with E-state index in [0.29, 0.717) is 23.1 Å². The quantitative estimate of drug-likeness (QED) is 0.902. The lowest BCUT2D eigenvalue weighted by molar-refractivity contribution is 0.0463. The predicted molar refractivity (Wildman–Crippen MR) is 85.2 cm³/mol. The van der Waals surface area contributed by atoms with E-state index in [0.717, 1.165) is 5.56 Å². The average Bonchev–Trinajstić information content (AvgIpc) is 2.39. The standard InChI is InChI=1S/C17H24ClFN2/c1-11(16-7-6-12(19)8-17(16)18)20-13-9-14-4-3-5-15(10-13)21(14)2/h6-8,11,13-15,20H,3-5,9-10H2,1-2H3. The van der Waals surface area contributed by atoms with E-state index in [1.54, 1.807) is 6.07 Å². The second-order valence-electron chi connectivity index (χ2n) is 6.63. The van der Waals surface area contributed by atoms with Crippen molar-refractivity contribution in [2.75, 3.05) is 7.05 Å². The van der Waals surface area contributed by atoms with Crippen molar-refractivity contribution in [3.63, 3.8) is 0 Å². The Morgan fingerprint density at radius 2 is 1.95 bits per heavy atom. The van der Waals surface area contributed by atoms with Crippen LogP contribution in [-0.2, 0) is 0 Å². The number of hydrogen-bond donors (Lipinski definition) is 1. The van der Waals surface area contributed by atoms with Crippen molar-refractivity contribution in [2.45, 2.75) is 63.2 Å². The van der Waals surface area contributed by atoms with Crippen molar-refractivity contribution in [2.24, 2.45) is 0 Å². The Balaban J connectivity index is 1.66. The summed E-state index contributed by atoms with van der Waals surface area (Å²) in [7, 11) is 2.27. The van der Waals surface area contributed by atoms with Gasteiger partial charge in [0.25, 0.3) is 0 Å². The number of nitrogens with one attached hydrogen (secondary N) is 1. The molecule has 3 atom stereocenters. The Bertz CT molecular complexity index is 494. The molecule has 0 saturated carbocycles. The molecule has 3 unspecified atom stereocenters. The third kappa shape index (κ3) is 3.25. The number of piperidine rings is 2. The lowest BCUT2D eigenvalue weighted by Crippen LogP contribution is -2.54. The zero-order valence-corrected chi connectivity index (χ0v) is 13.5. The Hall–Kier alpha value is -0.640. The van der Waals surface area contributed by atoms with Crippen molar-refractivity contribution in [3.05, 3.63) is 34.6 Å². The minimum atomic E-state index is -0.273. The fourth-order valence-corrected chi connectivity index (χ4v) is 4.38. The van der Waals surface area contributed by atoms with Gasteiger partial charge in [-0.05, 0) is 57.4 Å². The van der Waals surface area contributed by atoms with Gasteiger partial charge in [0, 0.05) is 29.2 Å². The van der Waals surface area contributed by atoms with Crippen LogP contribution in [0.1, 0.15) is 50.6 Å². The maximum Gasteiger partial charge on any atom is 0.124 e. The van der Waals surface area contributed by atoms with Gasteiger partial charge in [0.15, 0.2) is 0 Å². The summed E-state index contributed by atoms with van der Waals surface area (Å²) in [6, 6.07) is 6.81. The summed E-state index contributed by atoms with van der Waals surface area (Å²) in [5.41, 5.74) is 0.988. The average molecular weight is 311 g/mol. The van der Waals surface area contributed by atoms with Gasteiger partial charge in [-0.2, -0.15) is 0 Å². The minimum absolute atomic E-state index is 0.159. The van der Waals surface area contributed by atoms with Gasteiger partial charge in [0.1, 0.15) is 5.82 Å². The highest BCUT2D eigenvalue weighted by molar-refractivity contribution is 6.31. The summed E-state index contributed by atoms with van der Waals surface area (Å²) in [5, 5.41) is 4.23. The fraction of sp³-hybridized carbons (Fsp3) is 0.647. The molecule has 0 radical (unpaired) electrons. The summed E-state index contributed by atoms with van der Waals surface area (Å²) < 4.78 is 13.2. The monoisotopic (exact) mass is 310 g/mol. The van der Waals surface area contributed by atoms with Gasteiger partial charge in [0.2, 0.25) is 0 Å². The zero-order valence-electron chi connectivity index (χ0n) is 12.8. The van der Waals surface area contributed by atoms with Crippen LogP contribution in [-0.4, -0.2) is 30.1 Å². The van der Waals surface area contributed by atoms with Crippen molar-refractivity contribution in [1.29, 1.82) is 0 Å². The van der Waals surface area contributed by atoms with Gasteiger partial charge in [-0.1, -0.05) is 24.1 Å². The zero-order chi connectivity index (χ0) is 15.0. The summed E-state index contributed by atoms with van der Waals surface area (Å²) >= 11 is 6.17. The molecule has 0 aromatic heterocycles. The van der Waals surface area contributed by atoms with E-state index in [2.05, 4.69) is 24.2 Å². The van der Waals surface area contributed by atoms with Crippen LogP contribution in [0.3, 0.4) is 0 Å². The number of benzene rings is 1. The molecule has 116 valence electrons. The van der Waals surface area contributed by atoms with E-state index >= 15 is 0 Å². The SMILES string of the molecule is CC(NC1CC2CCCC(C1)N2C)c1ccc(F)cc1Cl. The van der Waals surface area contributed by atoms with E-state index in [1.165, 1.54) is 44.2 Å². The molecule has 3 rings (SSSR count). The highest BCUT2D eigenvalue weighted by Crippen LogP contribution is 2.34. The number of nitrogens with zero attached hydrogens (tertiary/aromatic N) is 1. The Morgan fingerprint density at radius 1 is 1.29 bits per heavy atom. The Morgan fingerprint density at radius 3 is 2.57 bits per heavy atom. The van der Waals surface area contributed by atoms with Gasteiger partial charge in [-0.25, -0.2) is 4.39 Å². The highest BCUT2D eigenvalue weighted by Gasteiger charge is 2.36. The highest BCUT2D eigenvalue weighted by atomic mass is 35.5. The van der Waals surface area contributed by atoms with Crippen LogP contribution >= 0.6 is 11.6 Å². The molecule has 1 aromatic rings. The van der Waals surface area contributed by atoms with Crippen molar-refractivity contribution in [1.82, 2.24) is 10.2 Å². The number of rotatable bonds is 3. The predicted octanol–water partition coefficient (Wildman–Crippen LogP) is 4.15. The van der Waals surface area contributed by atoms with Crippen LogP contribution in [0, 0.1) is 5.82 Å². The van der Waals surface area contributed by atoms with Gasteiger partial charge in [0.05, 0.1) is 0 Å².